The highest BCUT2D eigenvalue weighted by atomic mass is 16.5. The van der Waals surface area contributed by atoms with Crippen molar-refractivity contribution < 1.29 is 18.7 Å². The summed E-state index contributed by atoms with van der Waals surface area (Å²) in [6, 6.07) is 10.3. The van der Waals surface area contributed by atoms with E-state index >= 15 is 0 Å². The molecule has 114 valence electrons. The van der Waals surface area contributed by atoms with Crippen LogP contribution in [0.5, 0.6) is 5.75 Å². The number of nitrogens with one attached hydrogen (secondary N) is 1. The third-order valence-electron chi connectivity index (χ3n) is 3.57. The number of benzene rings is 1. The molecule has 2 aromatic rings. The zero-order valence-electron chi connectivity index (χ0n) is 12.1. The van der Waals surface area contributed by atoms with Gasteiger partial charge in [0.1, 0.15) is 5.75 Å². The normalized spacial score (nSPS) is 17.6. The average Bonchev–Trinajstić information content (AvgIpc) is 3.17. The number of hydrogen-bond acceptors (Lipinski definition) is 4. The summed E-state index contributed by atoms with van der Waals surface area (Å²) >= 11 is 0. The van der Waals surface area contributed by atoms with Crippen LogP contribution in [0.15, 0.2) is 47.1 Å². The average molecular weight is 300 g/mol. The first-order valence-electron chi connectivity index (χ1n) is 6.96. The maximum atomic E-state index is 12.2. The van der Waals surface area contributed by atoms with Crippen LogP contribution in [-0.4, -0.2) is 31.5 Å². The Hall–Kier alpha value is -2.76. The zero-order valence-corrected chi connectivity index (χ0v) is 12.1. The minimum atomic E-state index is -0.310. The van der Waals surface area contributed by atoms with Crippen LogP contribution < -0.4 is 15.0 Å². The predicted octanol–water partition coefficient (Wildman–Crippen LogP) is 1.82. The van der Waals surface area contributed by atoms with Gasteiger partial charge in [0, 0.05) is 24.7 Å². The largest absolute Gasteiger partial charge is 0.497 e. The number of hydrogen-bond donors (Lipinski definition) is 1. The molecule has 2 amide bonds. The number of carbonyl (C=O) groups excluding carboxylic acids is 2. The van der Waals surface area contributed by atoms with Crippen molar-refractivity contribution in [3.05, 3.63) is 48.4 Å². The predicted molar refractivity (Wildman–Crippen MR) is 79.9 cm³/mol. The van der Waals surface area contributed by atoms with Crippen molar-refractivity contribution in [1.29, 1.82) is 0 Å². The molecule has 1 aromatic heterocycles. The van der Waals surface area contributed by atoms with Gasteiger partial charge in [-0.25, -0.2) is 0 Å². The van der Waals surface area contributed by atoms with Gasteiger partial charge in [-0.3, -0.25) is 9.59 Å². The molecule has 1 atom stereocenters. The Kier molecular flexibility index (Phi) is 3.82. The summed E-state index contributed by atoms with van der Waals surface area (Å²) in [4.78, 5) is 25.8. The molecular formula is C16H16N2O4. The van der Waals surface area contributed by atoms with E-state index in [2.05, 4.69) is 5.32 Å². The molecule has 6 nitrogen and oxygen atoms in total. The van der Waals surface area contributed by atoms with Gasteiger partial charge in [-0.05, 0) is 24.3 Å². The van der Waals surface area contributed by atoms with Crippen LogP contribution in [-0.2, 0) is 4.79 Å². The first-order valence-corrected chi connectivity index (χ1v) is 6.96. The van der Waals surface area contributed by atoms with E-state index in [9.17, 15) is 9.59 Å². The SMILES string of the molecule is COc1cccc(N2C[C@@H](NC(=O)c3ccco3)CC2=O)c1. The number of ether oxygens (including phenoxy) is 1. The second-order valence-corrected chi connectivity index (χ2v) is 5.06. The number of nitrogens with zero attached hydrogens (tertiary/aromatic N) is 1. The third-order valence-corrected chi connectivity index (χ3v) is 3.57. The lowest BCUT2D eigenvalue weighted by molar-refractivity contribution is -0.117. The molecule has 3 rings (SSSR count). The van der Waals surface area contributed by atoms with E-state index in [1.54, 1.807) is 30.2 Å². The fourth-order valence-corrected chi connectivity index (χ4v) is 2.50. The topological polar surface area (TPSA) is 71.8 Å². The highest BCUT2D eigenvalue weighted by Gasteiger charge is 2.32. The van der Waals surface area contributed by atoms with Crippen LogP contribution in [0.2, 0.25) is 0 Å². The Morgan fingerprint density at radius 3 is 2.95 bits per heavy atom. The Labute approximate surface area is 127 Å². The second kappa shape index (κ2) is 5.93. The van der Waals surface area contributed by atoms with Gasteiger partial charge in [0.15, 0.2) is 5.76 Å². The minimum absolute atomic E-state index is 0.0296. The van der Waals surface area contributed by atoms with Gasteiger partial charge >= 0.3 is 0 Å². The van der Waals surface area contributed by atoms with Gasteiger partial charge in [0.2, 0.25) is 5.91 Å². The fraction of sp³-hybridized carbons (Fsp3) is 0.250. The summed E-state index contributed by atoms with van der Waals surface area (Å²) in [5.74, 6) is 0.592. The lowest BCUT2D eigenvalue weighted by atomic mass is 10.2. The number of rotatable bonds is 4. The molecule has 0 spiro atoms. The van der Waals surface area contributed by atoms with E-state index in [-0.39, 0.29) is 30.0 Å². The van der Waals surface area contributed by atoms with Gasteiger partial charge in [0.05, 0.1) is 19.4 Å². The molecule has 0 saturated carbocycles. The van der Waals surface area contributed by atoms with E-state index in [0.29, 0.717) is 12.3 Å². The summed E-state index contributed by atoms with van der Waals surface area (Å²) < 4.78 is 10.2. The van der Waals surface area contributed by atoms with Crippen LogP contribution in [0, 0.1) is 0 Å². The van der Waals surface area contributed by atoms with Gasteiger partial charge in [-0.1, -0.05) is 6.07 Å². The summed E-state index contributed by atoms with van der Waals surface area (Å²) in [5.41, 5.74) is 0.763. The lowest BCUT2D eigenvalue weighted by Gasteiger charge is -2.17. The van der Waals surface area contributed by atoms with Crippen LogP contribution in [0.4, 0.5) is 5.69 Å². The summed E-state index contributed by atoms with van der Waals surface area (Å²) in [5, 5.41) is 2.81. The number of anilines is 1. The number of amides is 2. The van der Waals surface area contributed by atoms with Crippen molar-refractivity contribution in [2.24, 2.45) is 0 Å². The first-order chi connectivity index (χ1) is 10.7. The van der Waals surface area contributed by atoms with Crippen molar-refractivity contribution in [3.8, 4) is 5.75 Å². The van der Waals surface area contributed by atoms with Crippen LogP contribution in [0.25, 0.3) is 0 Å². The van der Waals surface area contributed by atoms with Gasteiger partial charge in [-0.2, -0.15) is 0 Å². The Morgan fingerprint density at radius 2 is 2.23 bits per heavy atom. The fourth-order valence-electron chi connectivity index (χ4n) is 2.50. The molecule has 1 N–H and O–H groups in total. The number of methoxy groups -OCH3 is 1. The van der Waals surface area contributed by atoms with Crippen LogP contribution in [0.1, 0.15) is 17.0 Å². The summed E-state index contributed by atoms with van der Waals surface area (Å²) in [6.07, 6.45) is 1.71. The van der Waals surface area contributed by atoms with Crippen LogP contribution >= 0.6 is 0 Å². The van der Waals surface area contributed by atoms with Gasteiger partial charge in [0.25, 0.3) is 5.91 Å². The Balaban J connectivity index is 1.69. The van der Waals surface area contributed by atoms with Gasteiger partial charge < -0.3 is 19.4 Å². The summed E-state index contributed by atoms with van der Waals surface area (Å²) in [6.45, 7) is 0.429. The monoisotopic (exact) mass is 300 g/mol. The molecule has 0 unspecified atom stereocenters. The molecule has 0 radical (unpaired) electrons. The second-order valence-electron chi connectivity index (χ2n) is 5.06. The lowest BCUT2D eigenvalue weighted by Crippen LogP contribution is -2.37. The minimum Gasteiger partial charge on any atom is -0.497 e. The maximum Gasteiger partial charge on any atom is 0.287 e. The molecule has 1 aliphatic rings. The number of carbonyl (C=O) groups is 2. The maximum absolute atomic E-state index is 12.2. The van der Waals surface area contributed by atoms with Crippen molar-refractivity contribution in [1.82, 2.24) is 5.32 Å². The third kappa shape index (κ3) is 2.81. The van der Waals surface area contributed by atoms with E-state index < -0.39 is 0 Å². The highest BCUT2D eigenvalue weighted by Crippen LogP contribution is 2.25. The smallest absolute Gasteiger partial charge is 0.287 e. The Morgan fingerprint density at radius 1 is 1.36 bits per heavy atom. The Bertz CT molecular complexity index is 681. The molecule has 1 aliphatic heterocycles. The molecule has 1 fully saturated rings. The first kappa shape index (κ1) is 14.2. The van der Waals surface area contributed by atoms with E-state index in [1.165, 1.54) is 6.26 Å². The van der Waals surface area contributed by atoms with Crippen molar-refractivity contribution in [2.45, 2.75) is 12.5 Å². The highest BCUT2D eigenvalue weighted by molar-refractivity contribution is 5.98. The van der Waals surface area contributed by atoms with Crippen molar-refractivity contribution in [2.75, 3.05) is 18.6 Å². The van der Waals surface area contributed by atoms with E-state index in [1.807, 2.05) is 18.2 Å². The van der Waals surface area contributed by atoms with Crippen LogP contribution in [0.3, 0.4) is 0 Å². The van der Waals surface area contributed by atoms with Gasteiger partial charge in [-0.15, -0.1) is 0 Å². The molecule has 2 heterocycles. The molecule has 0 aliphatic carbocycles. The molecular weight excluding hydrogens is 284 g/mol. The molecule has 1 aromatic carbocycles. The molecule has 0 bridgehead atoms. The standard InChI is InChI=1S/C16H16N2O4/c1-21-13-5-2-4-12(9-13)18-10-11(8-15(18)19)17-16(20)14-6-3-7-22-14/h2-7,9,11H,8,10H2,1H3,(H,17,20)/t11-/m0/s1. The summed E-state index contributed by atoms with van der Waals surface area (Å²) in [7, 11) is 1.58. The number of furan rings is 1. The quantitative estimate of drug-likeness (QED) is 0.935. The van der Waals surface area contributed by atoms with Crippen molar-refractivity contribution in [3.63, 3.8) is 0 Å². The van der Waals surface area contributed by atoms with E-state index in [4.69, 9.17) is 9.15 Å². The van der Waals surface area contributed by atoms with E-state index in [0.717, 1.165) is 5.69 Å². The zero-order chi connectivity index (χ0) is 15.5. The molecule has 6 heteroatoms. The van der Waals surface area contributed by atoms with Crippen molar-refractivity contribution >= 4 is 17.5 Å². The molecule has 1 saturated heterocycles. The molecule has 22 heavy (non-hydrogen) atoms.